The monoisotopic (exact) mass is 277 g/mol. The second-order valence-electron chi connectivity index (χ2n) is 6.02. The molecule has 1 N–H and O–H groups in total. The quantitative estimate of drug-likeness (QED) is 0.914. The molecule has 2 aliphatic heterocycles. The summed E-state index contributed by atoms with van der Waals surface area (Å²) in [6.45, 7) is 0.458. The van der Waals surface area contributed by atoms with Gasteiger partial charge in [-0.3, -0.25) is 9.69 Å². The minimum absolute atomic E-state index is 0.171. The number of ketones is 1. The molecule has 2 unspecified atom stereocenters. The largest absolute Gasteiger partial charge is 0.393 e. The predicted octanol–water partition coefficient (Wildman–Crippen LogP) is 1.93. The summed E-state index contributed by atoms with van der Waals surface area (Å²) in [5, 5.41) is 9.76. The van der Waals surface area contributed by atoms with Crippen LogP contribution >= 0.6 is 0 Å². The van der Waals surface area contributed by atoms with Crippen LogP contribution < -0.4 is 0 Å². The van der Waals surface area contributed by atoms with Crippen molar-refractivity contribution < 1.29 is 14.3 Å². The summed E-state index contributed by atoms with van der Waals surface area (Å²) in [6.07, 6.45) is 3.92. The number of Topliss-reactive ketones (excluding diaryl/α,β-unsaturated/α-hetero) is 1. The van der Waals surface area contributed by atoms with Crippen LogP contribution in [0.25, 0.3) is 0 Å². The molecule has 2 bridgehead atoms. The number of rotatable bonds is 4. The smallest absolute Gasteiger partial charge is 0.151 e. The molecule has 2 fully saturated rings. The molecule has 0 radical (unpaired) electrons. The molecule has 3 rings (SSSR count). The van der Waals surface area contributed by atoms with E-state index in [4.69, 9.17) is 0 Å². The molecule has 3 nitrogen and oxygen atoms in total. The van der Waals surface area contributed by atoms with Gasteiger partial charge >= 0.3 is 0 Å². The first-order valence-corrected chi connectivity index (χ1v) is 7.32. The van der Waals surface area contributed by atoms with Gasteiger partial charge in [0.1, 0.15) is 5.82 Å². The Balaban J connectivity index is 1.58. The average Bonchev–Trinajstić information content (AvgIpc) is 2.65. The molecule has 0 amide bonds. The maximum atomic E-state index is 12.8. The maximum Gasteiger partial charge on any atom is 0.151 e. The van der Waals surface area contributed by atoms with Gasteiger partial charge in [-0.1, -0.05) is 12.1 Å². The maximum absolute atomic E-state index is 12.8. The molecule has 0 spiro atoms. The van der Waals surface area contributed by atoms with Crippen LogP contribution in [0, 0.1) is 5.82 Å². The van der Waals surface area contributed by atoms with E-state index in [9.17, 15) is 14.3 Å². The van der Waals surface area contributed by atoms with Crippen molar-refractivity contribution in [3.8, 4) is 0 Å². The zero-order chi connectivity index (χ0) is 14.1. The third-order valence-corrected chi connectivity index (χ3v) is 4.53. The molecule has 0 aromatic heterocycles. The number of hydrogen-bond acceptors (Lipinski definition) is 3. The predicted molar refractivity (Wildman–Crippen MR) is 73.9 cm³/mol. The van der Waals surface area contributed by atoms with Crippen molar-refractivity contribution >= 4 is 5.78 Å². The number of halogens is 1. The summed E-state index contributed by atoms with van der Waals surface area (Å²) in [5.41, 5.74) is 0.862. The third kappa shape index (κ3) is 2.91. The standard InChI is InChI=1S/C16H20FNO2/c17-12-3-1-11(2-4-12)7-16(20)10-18-13-5-6-14(18)9-15(19)8-13/h1-4,13-15,19H,5-10H2. The van der Waals surface area contributed by atoms with Gasteiger partial charge in [0.05, 0.1) is 12.6 Å². The molecular formula is C16H20FNO2. The van der Waals surface area contributed by atoms with E-state index in [1.54, 1.807) is 12.1 Å². The van der Waals surface area contributed by atoms with E-state index in [-0.39, 0.29) is 17.7 Å². The number of carbonyl (C=O) groups excluding carboxylic acids is 1. The normalized spacial score (nSPS) is 29.6. The molecule has 2 atom stereocenters. The molecule has 2 aliphatic rings. The number of benzene rings is 1. The van der Waals surface area contributed by atoms with E-state index in [0.717, 1.165) is 31.2 Å². The lowest BCUT2D eigenvalue weighted by Crippen LogP contribution is -2.47. The SMILES string of the molecule is O=C(Cc1ccc(F)cc1)CN1C2CCC1CC(O)C2. The van der Waals surface area contributed by atoms with Crippen LogP contribution in [-0.2, 0) is 11.2 Å². The van der Waals surface area contributed by atoms with Crippen LogP contribution in [0.15, 0.2) is 24.3 Å². The van der Waals surface area contributed by atoms with Crippen LogP contribution in [0.3, 0.4) is 0 Å². The summed E-state index contributed by atoms with van der Waals surface area (Å²) in [4.78, 5) is 14.4. The molecular weight excluding hydrogens is 257 g/mol. The zero-order valence-electron chi connectivity index (χ0n) is 11.5. The lowest BCUT2D eigenvalue weighted by Gasteiger charge is -2.36. The van der Waals surface area contributed by atoms with Gasteiger partial charge in [-0.25, -0.2) is 4.39 Å². The second kappa shape index (κ2) is 5.62. The highest BCUT2D eigenvalue weighted by Gasteiger charge is 2.40. The van der Waals surface area contributed by atoms with Gasteiger partial charge in [-0.15, -0.1) is 0 Å². The minimum atomic E-state index is -0.274. The van der Waals surface area contributed by atoms with Crippen molar-refractivity contribution in [1.82, 2.24) is 4.90 Å². The molecule has 4 heteroatoms. The van der Waals surface area contributed by atoms with Crippen LogP contribution in [-0.4, -0.2) is 40.5 Å². The van der Waals surface area contributed by atoms with Crippen molar-refractivity contribution in [1.29, 1.82) is 0 Å². The number of nitrogens with zero attached hydrogens (tertiary/aromatic N) is 1. The van der Waals surface area contributed by atoms with Gasteiger partial charge in [0.2, 0.25) is 0 Å². The number of aliphatic hydroxyl groups is 1. The van der Waals surface area contributed by atoms with Gasteiger partial charge in [0, 0.05) is 18.5 Å². The average molecular weight is 277 g/mol. The first-order chi connectivity index (χ1) is 9.61. The molecule has 2 saturated heterocycles. The van der Waals surface area contributed by atoms with E-state index < -0.39 is 0 Å². The second-order valence-corrected chi connectivity index (χ2v) is 6.02. The summed E-state index contributed by atoms with van der Waals surface area (Å²) in [7, 11) is 0. The summed E-state index contributed by atoms with van der Waals surface area (Å²) in [5.74, 6) is -0.103. The van der Waals surface area contributed by atoms with Gasteiger partial charge in [-0.05, 0) is 43.4 Å². The highest BCUT2D eigenvalue weighted by Crippen LogP contribution is 2.35. The van der Waals surface area contributed by atoms with E-state index in [0.29, 0.717) is 25.0 Å². The van der Waals surface area contributed by atoms with E-state index in [1.807, 2.05) is 0 Å². The highest BCUT2D eigenvalue weighted by molar-refractivity contribution is 5.82. The Kier molecular flexibility index (Phi) is 3.85. The van der Waals surface area contributed by atoms with E-state index in [2.05, 4.69) is 4.90 Å². The Morgan fingerprint density at radius 1 is 1.20 bits per heavy atom. The zero-order valence-corrected chi connectivity index (χ0v) is 11.5. The van der Waals surface area contributed by atoms with Crippen LogP contribution in [0.4, 0.5) is 4.39 Å². The molecule has 0 saturated carbocycles. The lowest BCUT2D eigenvalue weighted by molar-refractivity contribution is -0.121. The minimum Gasteiger partial charge on any atom is -0.393 e. The van der Waals surface area contributed by atoms with Crippen molar-refractivity contribution in [2.45, 2.75) is 50.3 Å². The van der Waals surface area contributed by atoms with E-state index in [1.165, 1.54) is 12.1 Å². The fourth-order valence-corrected chi connectivity index (χ4v) is 3.59. The molecule has 1 aromatic rings. The fourth-order valence-electron chi connectivity index (χ4n) is 3.59. The van der Waals surface area contributed by atoms with Gasteiger partial charge < -0.3 is 5.11 Å². The van der Waals surface area contributed by atoms with Crippen LogP contribution in [0.1, 0.15) is 31.2 Å². The Morgan fingerprint density at radius 3 is 2.40 bits per heavy atom. The van der Waals surface area contributed by atoms with Crippen molar-refractivity contribution in [2.75, 3.05) is 6.54 Å². The van der Waals surface area contributed by atoms with Gasteiger partial charge in [-0.2, -0.15) is 0 Å². The molecule has 0 aliphatic carbocycles. The summed E-state index contributed by atoms with van der Waals surface area (Å²) in [6, 6.07) is 6.85. The van der Waals surface area contributed by atoms with Crippen molar-refractivity contribution in [3.05, 3.63) is 35.6 Å². The molecule has 2 heterocycles. The number of fused-ring (bicyclic) bond motifs is 2. The number of hydrogen-bond donors (Lipinski definition) is 1. The van der Waals surface area contributed by atoms with Crippen molar-refractivity contribution in [2.24, 2.45) is 0 Å². The van der Waals surface area contributed by atoms with E-state index >= 15 is 0 Å². The lowest BCUT2D eigenvalue weighted by atomic mass is 9.99. The van der Waals surface area contributed by atoms with Gasteiger partial charge in [0.25, 0.3) is 0 Å². The Labute approximate surface area is 118 Å². The Hall–Kier alpha value is -1.26. The molecule has 20 heavy (non-hydrogen) atoms. The summed E-state index contributed by atoms with van der Waals surface area (Å²) >= 11 is 0. The van der Waals surface area contributed by atoms with Crippen molar-refractivity contribution in [3.63, 3.8) is 0 Å². The number of aliphatic hydroxyl groups excluding tert-OH is 1. The molecule has 1 aromatic carbocycles. The van der Waals surface area contributed by atoms with Crippen LogP contribution in [0.5, 0.6) is 0 Å². The Bertz CT molecular complexity index is 474. The van der Waals surface area contributed by atoms with Crippen LogP contribution in [0.2, 0.25) is 0 Å². The Morgan fingerprint density at radius 2 is 1.80 bits per heavy atom. The highest BCUT2D eigenvalue weighted by atomic mass is 19.1. The number of piperidine rings is 1. The summed E-state index contributed by atoms with van der Waals surface area (Å²) < 4.78 is 12.8. The topological polar surface area (TPSA) is 40.5 Å². The van der Waals surface area contributed by atoms with Gasteiger partial charge in [0.15, 0.2) is 5.78 Å². The first kappa shape index (κ1) is 13.7. The fraction of sp³-hybridized carbons (Fsp3) is 0.562. The number of carbonyl (C=O) groups is 1. The molecule has 108 valence electrons. The third-order valence-electron chi connectivity index (χ3n) is 4.53. The first-order valence-electron chi connectivity index (χ1n) is 7.32.